The molecule has 0 aromatic rings. The van der Waals surface area contributed by atoms with Crippen molar-refractivity contribution in [3.8, 4) is 0 Å². The van der Waals surface area contributed by atoms with Gasteiger partial charge in [-0.15, -0.1) is 0 Å². The van der Waals surface area contributed by atoms with Gasteiger partial charge < -0.3 is 10.5 Å². The Morgan fingerprint density at radius 3 is 2.50 bits per heavy atom. The van der Waals surface area contributed by atoms with Crippen LogP contribution >= 0.6 is 0 Å². The van der Waals surface area contributed by atoms with Gasteiger partial charge in [0.05, 0.1) is 12.7 Å². The molecule has 1 rings (SSSR count). The fourth-order valence-corrected chi connectivity index (χ4v) is 2.57. The summed E-state index contributed by atoms with van der Waals surface area (Å²) >= 11 is 0. The van der Waals surface area contributed by atoms with E-state index in [0.717, 1.165) is 0 Å². The maximum Gasteiger partial charge on any atom is 0.0623 e. The maximum atomic E-state index is 6.18. The molecule has 0 aromatic heterocycles. The maximum absolute atomic E-state index is 6.18. The zero-order valence-corrected chi connectivity index (χ0v) is 10.0. The molecule has 2 nitrogen and oxygen atoms in total. The second-order valence-corrected chi connectivity index (χ2v) is 5.53. The molecule has 2 atom stereocenters. The van der Waals surface area contributed by atoms with E-state index < -0.39 is 0 Å². The van der Waals surface area contributed by atoms with E-state index >= 15 is 0 Å². The lowest BCUT2D eigenvalue weighted by atomic mass is 9.78. The van der Waals surface area contributed by atoms with Crippen LogP contribution in [0.3, 0.4) is 0 Å². The molecule has 1 aliphatic rings. The van der Waals surface area contributed by atoms with Gasteiger partial charge in [0.1, 0.15) is 0 Å². The minimum atomic E-state index is 0.217. The third-order valence-corrected chi connectivity index (χ3v) is 3.48. The normalized spacial score (nSPS) is 28.3. The second-order valence-electron chi connectivity index (χ2n) is 5.53. The fraction of sp³-hybridized carbons (Fsp3) is 1.00. The van der Waals surface area contributed by atoms with Gasteiger partial charge in [-0.1, -0.05) is 20.3 Å². The third kappa shape index (κ3) is 2.96. The van der Waals surface area contributed by atoms with Crippen LogP contribution in [0.1, 0.15) is 47.0 Å². The second kappa shape index (κ2) is 4.63. The number of rotatable bonds is 4. The van der Waals surface area contributed by atoms with Crippen LogP contribution in [0.25, 0.3) is 0 Å². The molecule has 14 heavy (non-hydrogen) atoms. The van der Waals surface area contributed by atoms with Crippen LogP contribution in [-0.4, -0.2) is 18.8 Å². The first-order valence-corrected chi connectivity index (χ1v) is 5.80. The Bertz CT molecular complexity index is 177. The minimum Gasteiger partial charge on any atom is -0.377 e. The first-order valence-electron chi connectivity index (χ1n) is 5.80. The van der Waals surface area contributed by atoms with E-state index in [9.17, 15) is 0 Å². The monoisotopic (exact) mass is 199 g/mol. The van der Waals surface area contributed by atoms with E-state index in [1.54, 1.807) is 0 Å². The summed E-state index contributed by atoms with van der Waals surface area (Å²) in [6, 6.07) is 0.217. The largest absolute Gasteiger partial charge is 0.377 e. The molecule has 0 amide bonds. The Kier molecular flexibility index (Phi) is 3.96. The molecule has 0 aliphatic heterocycles. The summed E-state index contributed by atoms with van der Waals surface area (Å²) in [5.74, 6) is 0.640. The lowest BCUT2D eigenvalue weighted by Gasteiger charge is -2.32. The molecule has 2 N–H and O–H groups in total. The topological polar surface area (TPSA) is 35.2 Å². The number of hydrogen-bond acceptors (Lipinski definition) is 2. The highest BCUT2D eigenvalue weighted by Gasteiger charge is 2.38. The zero-order chi connectivity index (χ0) is 10.8. The molecule has 84 valence electrons. The van der Waals surface area contributed by atoms with Gasteiger partial charge in [-0.3, -0.25) is 0 Å². The number of hydrogen-bond donors (Lipinski definition) is 1. The minimum absolute atomic E-state index is 0.217. The molecule has 1 saturated carbocycles. The molecule has 0 spiro atoms. The van der Waals surface area contributed by atoms with Gasteiger partial charge in [-0.2, -0.15) is 0 Å². The first-order chi connectivity index (χ1) is 6.43. The van der Waals surface area contributed by atoms with E-state index in [2.05, 4.69) is 27.7 Å². The van der Waals surface area contributed by atoms with E-state index in [-0.39, 0.29) is 6.04 Å². The van der Waals surface area contributed by atoms with Gasteiger partial charge in [0.15, 0.2) is 0 Å². The fourth-order valence-electron chi connectivity index (χ4n) is 2.57. The van der Waals surface area contributed by atoms with Crippen molar-refractivity contribution in [3.05, 3.63) is 0 Å². The lowest BCUT2D eigenvalue weighted by Crippen LogP contribution is -2.40. The number of nitrogens with two attached hydrogens (primary N) is 1. The Morgan fingerprint density at radius 1 is 1.43 bits per heavy atom. The molecule has 1 aliphatic carbocycles. The molecule has 0 bridgehead atoms. The van der Waals surface area contributed by atoms with E-state index in [1.807, 2.05) is 0 Å². The molecule has 0 aromatic carbocycles. The van der Waals surface area contributed by atoms with Crippen LogP contribution in [0.2, 0.25) is 0 Å². The Morgan fingerprint density at radius 2 is 2.07 bits per heavy atom. The van der Waals surface area contributed by atoms with Gasteiger partial charge in [-0.05, 0) is 38.0 Å². The van der Waals surface area contributed by atoms with Gasteiger partial charge >= 0.3 is 0 Å². The van der Waals surface area contributed by atoms with Crippen molar-refractivity contribution in [2.75, 3.05) is 6.61 Å². The van der Waals surface area contributed by atoms with Crippen molar-refractivity contribution < 1.29 is 4.74 Å². The predicted octanol–water partition coefficient (Wildman–Crippen LogP) is 2.57. The van der Waals surface area contributed by atoms with Crippen molar-refractivity contribution in [2.24, 2.45) is 17.1 Å². The van der Waals surface area contributed by atoms with Crippen molar-refractivity contribution in [2.45, 2.75) is 59.1 Å². The molecule has 0 heterocycles. The van der Waals surface area contributed by atoms with Crippen molar-refractivity contribution in [1.29, 1.82) is 0 Å². The lowest BCUT2D eigenvalue weighted by molar-refractivity contribution is 0.0443. The van der Waals surface area contributed by atoms with Gasteiger partial charge in [0, 0.05) is 6.04 Å². The highest BCUT2D eigenvalue weighted by Crippen LogP contribution is 2.43. The number of ether oxygens (including phenoxy) is 1. The van der Waals surface area contributed by atoms with E-state index in [4.69, 9.17) is 10.5 Å². The SMILES string of the molecule is CC(C)OCC(N)C1CCCC1(C)C. The van der Waals surface area contributed by atoms with E-state index in [0.29, 0.717) is 24.0 Å². The summed E-state index contributed by atoms with van der Waals surface area (Å²) in [7, 11) is 0. The summed E-state index contributed by atoms with van der Waals surface area (Å²) in [4.78, 5) is 0. The van der Waals surface area contributed by atoms with Crippen LogP contribution in [0.15, 0.2) is 0 Å². The summed E-state index contributed by atoms with van der Waals surface area (Å²) in [6.07, 6.45) is 4.21. The van der Waals surface area contributed by atoms with Crippen LogP contribution < -0.4 is 5.73 Å². The average Bonchev–Trinajstić information content (AvgIpc) is 2.41. The van der Waals surface area contributed by atoms with Crippen LogP contribution in [0.5, 0.6) is 0 Å². The molecule has 1 fully saturated rings. The van der Waals surface area contributed by atoms with Gasteiger partial charge in [0.2, 0.25) is 0 Å². The van der Waals surface area contributed by atoms with Crippen molar-refractivity contribution in [1.82, 2.24) is 0 Å². The Balaban J connectivity index is 2.40. The highest BCUT2D eigenvalue weighted by molar-refractivity contribution is 4.90. The highest BCUT2D eigenvalue weighted by atomic mass is 16.5. The van der Waals surface area contributed by atoms with Gasteiger partial charge in [-0.25, -0.2) is 0 Å². The third-order valence-electron chi connectivity index (χ3n) is 3.48. The summed E-state index contributed by atoms with van der Waals surface area (Å²) in [5, 5.41) is 0. The first kappa shape index (κ1) is 12.0. The predicted molar refractivity (Wildman–Crippen MR) is 60.2 cm³/mol. The molecular formula is C12H25NO. The standard InChI is InChI=1S/C12H25NO/c1-9(2)14-8-11(13)10-6-5-7-12(10,3)4/h9-11H,5-8,13H2,1-4H3. The van der Waals surface area contributed by atoms with Crippen molar-refractivity contribution in [3.63, 3.8) is 0 Å². The summed E-state index contributed by atoms with van der Waals surface area (Å²) in [5.41, 5.74) is 6.59. The molecular weight excluding hydrogens is 174 g/mol. The smallest absolute Gasteiger partial charge is 0.0623 e. The zero-order valence-electron chi connectivity index (χ0n) is 10.0. The van der Waals surface area contributed by atoms with E-state index in [1.165, 1.54) is 19.3 Å². The van der Waals surface area contributed by atoms with Gasteiger partial charge in [0.25, 0.3) is 0 Å². The average molecular weight is 199 g/mol. The van der Waals surface area contributed by atoms with Crippen molar-refractivity contribution >= 4 is 0 Å². The summed E-state index contributed by atoms with van der Waals surface area (Å²) < 4.78 is 5.58. The quantitative estimate of drug-likeness (QED) is 0.755. The summed E-state index contributed by atoms with van der Waals surface area (Å²) in [6.45, 7) is 9.50. The Labute approximate surface area is 88.2 Å². The van der Waals surface area contributed by atoms with Crippen LogP contribution in [0.4, 0.5) is 0 Å². The van der Waals surface area contributed by atoms with Crippen LogP contribution in [0, 0.1) is 11.3 Å². The van der Waals surface area contributed by atoms with Crippen LogP contribution in [-0.2, 0) is 4.74 Å². The molecule has 0 saturated heterocycles. The Hall–Kier alpha value is -0.0800. The molecule has 0 radical (unpaired) electrons. The molecule has 2 unspecified atom stereocenters. The molecule has 2 heteroatoms.